The molecule has 0 amide bonds. The standard InChI is InChI=1S/C104H80N2/c1-5-73-27-35-77(36-28-73)69-103(70-78-37-29-74(6-2)30-38-78)99-25-17-15-23-95(99)97-65-55-87(67-101(97)103)85-51-61-93(62-52-85)105(89-19-11-9-12-20-89)91-57-47-83(48-58-91)81-43-45-82(46-44-81)84-49-59-92(60-50-84)106(90-21-13-10-14-22-90)94-63-53-86(54-64-94)88-56-66-98-96-24-16-18-26-100(96)104(102(98)68-88,71-79-39-31-75(7-3)32-40-79)72-80-41-33-76(8-4)34-42-80/h5-68H,1-4,69-72H2. The van der Waals surface area contributed by atoms with Crippen LogP contribution >= 0.6 is 0 Å². The number of fused-ring (bicyclic) bond motifs is 6. The Morgan fingerprint density at radius 3 is 0.689 bits per heavy atom. The van der Waals surface area contributed by atoms with E-state index in [2.05, 4.69) is 400 Å². The van der Waals surface area contributed by atoms with Gasteiger partial charge in [-0.25, -0.2) is 0 Å². The molecular formula is C104H80N2. The third-order valence-corrected chi connectivity index (χ3v) is 22.2. The van der Waals surface area contributed by atoms with E-state index >= 15 is 0 Å². The van der Waals surface area contributed by atoms with Crippen LogP contribution in [0.4, 0.5) is 34.1 Å². The maximum atomic E-state index is 4.04. The lowest BCUT2D eigenvalue weighted by atomic mass is 9.69. The van der Waals surface area contributed by atoms with E-state index in [1.54, 1.807) is 0 Å². The van der Waals surface area contributed by atoms with Gasteiger partial charge in [0.2, 0.25) is 0 Å². The molecule has 0 aromatic heterocycles. The molecule has 2 heteroatoms. The highest BCUT2D eigenvalue weighted by atomic mass is 15.1. The Morgan fingerprint density at radius 1 is 0.198 bits per heavy atom. The number of nitrogens with zero attached hydrogens (tertiary/aromatic N) is 2. The van der Waals surface area contributed by atoms with E-state index in [-0.39, 0.29) is 10.8 Å². The maximum absolute atomic E-state index is 4.04. The van der Waals surface area contributed by atoms with Crippen molar-refractivity contribution in [3.8, 4) is 66.8 Å². The molecule has 0 atom stereocenters. The number of rotatable bonds is 22. The number of para-hydroxylation sites is 2. The summed E-state index contributed by atoms with van der Waals surface area (Å²) in [7, 11) is 0. The van der Waals surface area contributed by atoms with Gasteiger partial charge in [0.15, 0.2) is 0 Å². The molecule has 0 radical (unpaired) electrons. The Labute approximate surface area is 624 Å². The summed E-state index contributed by atoms with van der Waals surface area (Å²) in [6.45, 7) is 16.2. The normalized spacial score (nSPS) is 12.6. The van der Waals surface area contributed by atoms with Gasteiger partial charge in [0, 0.05) is 45.0 Å². The first-order chi connectivity index (χ1) is 52.2. The molecule has 15 aromatic carbocycles. The van der Waals surface area contributed by atoms with Crippen molar-refractivity contribution in [3.05, 3.63) is 457 Å². The lowest BCUT2D eigenvalue weighted by Gasteiger charge is -2.33. The third-order valence-electron chi connectivity index (χ3n) is 22.2. The van der Waals surface area contributed by atoms with Gasteiger partial charge in [0.05, 0.1) is 0 Å². The second kappa shape index (κ2) is 28.6. The van der Waals surface area contributed by atoms with Crippen molar-refractivity contribution < 1.29 is 0 Å². The molecule has 0 aliphatic heterocycles. The molecule has 0 bridgehead atoms. The summed E-state index contributed by atoms with van der Waals surface area (Å²) in [5.74, 6) is 0. The van der Waals surface area contributed by atoms with Crippen LogP contribution in [0.3, 0.4) is 0 Å². The number of hydrogen-bond donors (Lipinski definition) is 0. The molecular weight excluding hydrogens is 1280 g/mol. The van der Waals surface area contributed by atoms with Gasteiger partial charge in [-0.05, 0) is 244 Å². The van der Waals surface area contributed by atoms with Crippen molar-refractivity contribution in [2.45, 2.75) is 36.5 Å². The van der Waals surface area contributed by atoms with E-state index in [9.17, 15) is 0 Å². The van der Waals surface area contributed by atoms with Gasteiger partial charge >= 0.3 is 0 Å². The zero-order valence-corrected chi connectivity index (χ0v) is 59.5. The first-order valence-electron chi connectivity index (χ1n) is 36.8. The smallest absolute Gasteiger partial charge is 0.0462 e. The van der Waals surface area contributed by atoms with Crippen LogP contribution in [0.1, 0.15) is 66.8 Å². The van der Waals surface area contributed by atoms with Gasteiger partial charge in [-0.3, -0.25) is 0 Å². The third kappa shape index (κ3) is 12.6. The largest absolute Gasteiger partial charge is 0.311 e. The first kappa shape index (κ1) is 66.1. The summed E-state index contributed by atoms with van der Waals surface area (Å²) in [6, 6.07) is 135. The molecule has 15 aromatic rings. The van der Waals surface area contributed by atoms with Crippen LogP contribution in [0.5, 0.6) is 0 Å². The van der Waals surface area contributed by atoms with E-state index in [1.165, 1.54) is 89.0 Å². The van der Waals surface area contributed by atoms with Crippen LogP contribution < -0.4 is 9.80 Å². The van der Waals surface area contributed by atoms with Gasteiger partial charge in [0.1, 0.15) is 0 Å². The van der Waals surface area contributed by atoms with Gasteiger partial charge in [-0.1, -0.05) is 330 Å². The van der Waals surface area contributed by atoms with Gasteiger partial charge < -0.3 is 9.80 Å². The van der Waals surface area contributed by atoms with E-state index < -0.39 is 0 Å². The van der Waals surface area contributed by atoms with Crippen LogP contribution in [-0.2, 0) is 36.5 Å². The van der Waals surface area contributed by atoms with Crippen LogP contribution in [-0.4, -0.2) is 0 Å². The molecule has 0 saturated heterocycles. The second-order valence-electron chi connectivity index (χ2n) is 28.4. The van der Waals surface area contributed by atoms with E-state index in [0.29, 0.717) is 0 Å². The predicted octanol–water partition coefficient (Wildman–Crippen LogP) is 27.4. The zero-order chi connectivity index (χ0) is 71.6. The van der Waals surface area contributed by atoms with E-state index in [4.69, 9.17) is 0 Å². The van der Waals surface area contributed by atoms with Gasteiger partial charge in [0.25, 0.3) is 0 Å². The van der Waals surface area contributed by atoms with Gasteiger partial charge in [-0.15, -0.1) is 0 Å². The highest BCUT2D eigenvalue weighted by molar-refractivity contribution is 5.89. The molecule has 0 heterocycles. The van der Waals surface area contributed by atoms with Crippen molar-refractivity contribution in [2.75, 3.05) is 9.80 Å². The lowest BCUT2D eigenvalue weighted by Crippen LogP contribution is -2.31. The van der Waals surface area contributed by atoms with Crippen molar-refractivity contribution in [3.63, 3.8) is 0 Å². The Bertz CT molecular complexity index is 5230. The summed E-state index contributed by atoms with van der Waals surface area (Å²) >= 11 is 0. The quantitative estimate of drug-likeness (QED) is 0.0667. The highest BCUT2D eigenvalue weighted by Crippen LogP contribution is 2.56. The fourth-order valence-corrected chi connectivity index (χ4v) is 16.8. The summed E-state index contributed by atoms with van der Waals surface area (Å²) in [5.41, 5.74) is 35.7. The van der Waals surface area contributed by atoms with Crippen LogP contribution in [0, 0.1) is 0 Å². The van der Waals surface area contributed by atoms with Crippen LogP contribution in [0.2, 0.25) is 0 Å². The highest BCUT2D eigenvalue weighted by Gasteiger charge is 2.45. The Kier molecular flexibility index (Phi) is 17.8. The van der Waals surface area contributed by atoms with Crippen molar-refractivity contribution in [1.82, 2.24) is 0 Å². The van der Waals surface area contributed by atoms with Crippen LogP contribution in [0.25, 0.3) is 91.1 Å². The average Bonchev–Trinajstić information content (AvgIpc) is 1.56. The van der Waals surface area contributed by atoms with Crippen molar-refractivity contribution >= 4 is 58.4 Å². The second-order valence-corrected chi connectivity index (χ2v) is 28.4. The topological polar surface area (TPSA) is 6.48 Å². The summed E-state index contributed by atoms with van der Waals surface area (Å²) in [5, 5.41) is 0. The van der Waals surface area contributed by atoms with Crippen LogP contribution in [0.15, 0.2) is 390 Å². The minimum Gasteiger partial charge on any atom is -0.311 e. The molecule has 106 heavy (non-hydrogen) atoms. The molecule has 506 valence electrons. The molecule has 2 aliphatic rings. The van der Waals surface area contributed by atoms with E-state index in [0.717, 1.165) is 104 Å². The van der Waals surface area contributed by atoms with Gasteiger partial charge in [-0.2, -0.15) is 0 Å². The summed E-state index contributed by atoms with van der Waals surface area (Å²) in [4.78, 5) is 4.70. The number of anilines is 6. The Morgan fingerprint density at radius 2 is 0.415 bits per heavy atom. The van der Waals surface area contributed by atoms with E-state index in [1.807, 2.05) is 24.3 Å². The SMILES string of the molecule is C=Cc1ccc(CC2(Cc3ccc(C=C)cc3)c3ccccc3-c3ccc(-c4ccc(N(c5ccccc5)c5ccc(-c6ccc(-c7ccc(N(c8ccccc8)c8ccc(-c9ccc%10c(c9)C(Cc9ccc(C=C)cc9)(Cc9ccc(C=C)cc9)c9ccccc9-%10)cc8)cc7)cc6)cc5)cc4)cc32)cc1. The molecule has 17 rings (SSSR count). The molecule has 0 spiro atoms. The first-order valence-corrected chi connectivity index (χ1v) is 36.8. The molecule has 2 nitrogen and oxygen atoms in total. The monoisotopic (exact) mass is 1360 g/mol. The Balaban J connectivity index is 0.621. The fraction of sp³-hybridized carbons (Fsp3) is 0.0577. The molecule has 0 saturated carbocycles. The van der Waals surface area contributed by atoms with Crippen molar-refractivity contribution in [1.29, 1.82) is 0 Å². The minimum atomic E-state index is -0.304. The number of benzene rings is 15. The minimum absolute atomic E-state index is 0.304. The van der Waals surface area contributed by atoms with Crippen molar-refractivity contribution in [2.24, 2.45) is 0 Å². The predicted molar refractivity (Wildman–Crippen MR) is 451 cm³/mol. The zero-order valence-electron chi connectivity index (χ0n) is 59.5. The molecule has 0 unspecified atom stereocenters. The summed E-state index contributed by atoms with van der Waals surface area (Å²) < 4.78 is 0. The molecule has 0 fully saturated rings. The summed E-state index contributed by atoms with van der Waals surface area (Å²) in [6.07, 6.45) is 11.1. The Hall–Kier alpha value is -13.1. The molecule has 2 aliphatic carbocycles. The average molecular weight is 1360 g/mol. The fourth-order valence-electron chi connectivity index (χ4n) is 16.8. The molecule has 0 N–H and O–H groups in total. The lowest BCUT2D eigenvalue weighted by molar-refractivity contribution is 0.520. The maximum Gasteiger partial charge on any atom is 0.0462 e. The number of hydrogen-bond acceptors (Lipinski definition) is 2.